The molecule has 5 heteroatoms. The van der Waals surface area contributed by atoms with E-state index in [-0.39, 0.29) is 24.7 Å². The summed E-state index contributed by atoms with van der Waals surface area (Å²) in [6.07, 6.45) is -0.722. The Kier molecular flexibility index (Phi) is 2.55. The molecule has 114 valence electrons. The highest BCUT2D eigenvalue weighted by atomic mass is 16.6. The molecule has 0 aromatic rings. The van der Waals surface area contributed by atoms with E-state index in [0.29, 0.717) is 6.42 Å². The van der Waals surface area contributed by atoms with Crippen molar-refractivity contribution < 1.29 is 24.9 Å². The first kappa shape index (κ1) is 14.3. The number of carbonyl (C=O) groups excluding carboxylic acids is 1. The standard InChI is InChI=1S/C15H24O5/c1-8-5-9(16)15-12(2,3)13(4,19)10(17)6-14(8,15)7-11(18)20-15/h8-10,16-17,19H,5-7H2,1-4H3/t8-,9-,10-,13+,14-,15-/m1/s1. The number of rotatable bonds is 0. The summed E-state index contributed by atoms with van der Waals surface area (Å²) in [4.78, 5) is 12.0. The van der Waals surface area contributed by atoms with Crippen molar-refractivity contribution in [3.05, 3.63) is 0 Å². The SMILES string of the molecule is C[C@@H]1C[C@@H](O)[C@]23OC(=O)C[C@]12C[C@@H](O)[C@](C)(O)C3(C)C. The molecule has 0 radical (unpaired) electrons. The highest BCUT2D eigenvalue weighted by Gasteiger charge is 2.81. The molecular weight excluding hydrogens is 260 g/mol. The normalized spacial score (nSPS) is 57.1. The van der Waals surface area contributed by atoms with Crippen LogP contribution in [-0.4, -0.2) is 44.7 Å². The lowest BCUT2D eigenvalue weighted by Crippen LogP contribution is -2.74. The Hall–Kier alpha value is -0.650. The lowest BCUT2D eigenvalue weighted by molar-refractivity contribution is -0.293. The summed E-state index contributed by atoms with van der Waals surface area (Å²) >= 11 is 0. The van der Waals surface area contributed by atoms with Gasteiger partial charge in [-0.25, -0.2) is 0 Å². The van der Waals surface area contributed by atoms with E-state index in [0.717, 1.165) is 0 Å². The molecule has 0 spiro atoms. The molecule has 0 unspecified atom stereocenters. The van der Waals surface area contributed by atoms with Crippen molar-refractivity contribution in [2.45, 2.75) is 70.4 Å². The lowest BCUT2D eigenvalue weighted by Gasteiger charge is -2.62. The molecule has 2 saturated carbocycles. The Morgan fingerprint density at radius 2 is 1.80 bits per heavy atom. The highest BCUT2D eigenvalue weighted by Crippen LogP contribution is 2.72. The zero-order valence-corrected chi connectivity index (χ0v) is 12.5. The van der Waals surface area contributed by atoms with Gasteiger partial charge in [-0.2, -0.15) is 0 Å². The molecule has 3 fully saturated rings. The van der Waals surface area contributed by atoms with Crippen LogP contribution in [-0.2, 0) is 9.53 Å². The van der Waals surface area contributed by atoms with E-state index in [4.69, 9.17) is 4.74 Å². The minimum Gasteiger partial charge on any atom is -0.455 e. The summed E-state index contributed by atoms with van der Waals surface area (Å²) in [5.74, 6) is -0.275. The smallest absolute Gasteiger partial charge is 0.307 e. The summed E-state index contributed by atoms with van der Waals surface area (Å²) in [5.41, 5.74) is -4.06. The van der Waals surface area contributed by atoms with Crippen LogP contribution in [0.1, 0.15) is 47.0 Å². The maximum Gasteiger partial charge on any atom is 0.307 e. The third kappa shape index (κ3) is 1.16. The summed E-state index contributed by atoms with van der Waals surface area (Å²) in [5, 5.41) is 31.9. The molecule has 2 aliphatic carbocycles. The second-order valence-corrected chi connectivity index (χ2v) is 7.69. The van der Waals surface area contributed by atoms with E-state index in [1.807, 2.05) is 6.92 Å². The molecule has 1 aliphatic heterocycles. The predicted molar refractivity (Wildman–Crippen MR) is 70.7 cm³/mol. The minimum absolute atomic E-state index is 0.0639. The number of aliphatic hydroxyl groups excluding tert-OH is 2. The number of hydrogen-bond acceptors (Lipinski definition) is 5. The fourth-order valence-corrected chi connectivity index (χ4v) is 5.30. The fraction of sp³-hybridized carbons (Fsp3) is 0.933. The van der Waals surface area contributed by atoms with Crippen LogP contribution < -0.4 is 0 Å². The fourth-order valence-electron chi connectivity index (χ4n) is 5.30. The quantitative estimate of drug-likeness (QED) is 0.567. The van der Waals surface area contributed by atoms with Crippen molar-refractivity contribution in [3.63, 3.8) is 0 Å². The molecule has 3 aliphatic rings. The summed E-state index contributed by atoms with van der Waals surface area (Å²) in [6.45, 7) is 7.13. The molecular formula is C15H24O5. The zero-order chi connectivity index (χ0) is 15.1. The first-order valence-corrected chi connectivity index (χ1v) is 7.33. The zero-order valence-electron chi connectivity index (χ0n) is 12.5. The number of hydrogen-bond donors (Lipinski definition) is 3. The van der Waals surface area contributed by atoms with Gasteiger partial charge in [0.25, 0.3) is 0 Å². The topological polar surface area (TPSA) is 87.0 Å². The monoisotopic (exact) mass is 284 g/mol. The second kappa shape index (κ2) is 3.57. The van der Waals surface area contributed by atoms with Crippen molar-refractivity contribution in [2.75, 3.05) is 0 Å². The van der Waals surface area contributed by atoms with Crippen LogP contribution in [0, 0.1) is 16.7 Å². The molecule has 0 aromatic carbocycles. The minimum atomic E-state index is -1.42. The summed E-state index contributed by atoms with van der Waals surface area (Å²) in [6, 6.07) is 0. The maximum atomic E-state index is 12.0. The predicted octanol–water partition coefficient (Wildman–Crippen LogP) is 0.601. The Balaban J connectivity index is 2.27. The van der Waals surface area contributed by atoms with Gasteiger partial charge in [0.05, 0.1) is 24.2 Å². The average Bonchev–Trinajstić information content (AvgIpc) is 2.71. The third-order valence-corrected chi connectivity index (χ3v) is 6.86. The van der Waals surface area contributed by atoms with Crippen LogP contribution >= 0.6 is 0 Å². The highest BCUT2D eigenvalue weighted by molar-refractivity contribution is 5.75. The number of aliphatic hydroxyl groups is 3. The molecule has 0 aromatic heterocycles. The van der Waals surface area contributed by atoms with Crippen LogP contribution in [0.15, 0.2) is 0 Å². The second-order valence-electron chi connectivity index (χ2n) is 7.69. The molecule has 20 heavy (non-hydrogen) atoms. The van der Waals surface area contributed by atoms with Crippen LogP contribution in [0.25, 0.3) is 0 Å². The van der Waals surface area contributed by atoms with E-state index in [1.165, 1.54) is 0 Å². The largest absolute Gasteiger partial charge is 0.455 e. The molecule has 5 nitrogen and oxygen atoms in total. The van der Waals surface area contributed by atoms with Gasteiger partial charge in [0.2, 0.25) is 0 Å². The number of carbonyl (C=O) groups is 1. The van der Waals surface area contributed by atoms with E-state index in [1.54, 1.807) is 20.8 Å². The Morgan fingerprint density at radius 1 is 1.20 bits per heavy atom. The number of ether oxygens (including phenoxy) is 1. The van der Waals surface area contributed by atoms with Gasteiger partial charge >= 0.3 is 5.97 Å². The van der Waals surface area contributed by atoms with E-state index in [2.05, 4.69) is 0 Å². The van der Waals surface area contributed by atoms with Crippen molar-refractivity contribution in [2.24, 2.45) is 16.7 Å². The Morgan fingerprint density at radius 3 is 2.40 bits per heavy atom. The molecule has 0 bridgehead atoms. The lowest BCUT2D eigenvalue weighted by atomic mass is 9.46. The molecule has 6 atom stereocenters. The summed E-state index contributed by atoms with van der Waals surface area (Å²) in [7, 11) is 0. The first-order chi connectivity index (χ1) is 9.03. The molecule has 0 amide bonds. The van der Waals surface area contributed by atoms with Crippen LogP contribution in [0.5, 0.6) is 0 Å². The van der Waals surface area contributed by atoms with Gasteiger partial charge in [0, 0.05) is 10.8 Å². The van der Waals surface area contributed by atoms with Crippen molar-refractivity contribution in [1.82, 2.24) is 0 Å². The summed E-state index contributed by atoms with van der Waals surface area (Å²) < 4.78 is 5.69. The van der Waals surface area contributed by atoms with Crippen molar-refractivity contribution >= 4 is 5.97 Å². The van der Waals surface area contributed by atoms with E-state index in [9.17, 15) is 20.1 Å². The van der Waals surface area contributed by atoms with Crippen LogP contribution in [0.2, 0.25) is 0 Å². The first-order valence-electron chi connectivity index (χ1n) is 7.33. The van der Waals surface area contributed by atoms with Gasteiger partial charge in [0.15, 0.2) is 5.60 Å². The van der Waals surface area contributed by atoms with E-state index < -0.39 is 34.2 Å². The Labute approximate surface area is 118 Å². The van der Waals surface area contributed by atoms with Gasteiger partial charge in [0.1, 0.15) is 0 Å². The molecule has 3 rings (SSSR count). The molecule has 3 N–H and O–H groups in total. The molecule has 1 heterocycles. The van der Waals surface area contributed by atoms with Gasteiger partial charge in [-0.1, -0.05) is 20.8 Å². The van der Waals surface area contributed by atoms with Crippen molar-refractivity contribution in [1.29, 1.82) is 0 Å². The third-order valence-electron chi connectivity index (χ3n) is 6.86. The van der Waals surface area contributed by atoms with Crippen LogP contribution in [0.4, 0.5) is 0 Å². The van der Waals surface area contributed by atoms with Gasteiger partial charge < -0.3 is 20.1 Å². The van der Waals surface area contributed by atoms with Gasteiger partial charge in [-0.05, 0) is 25.7 Å². The average molecular weight is 284 g/mol. The Bertz CT molecular complexity index is 471. The van der Waals surface area contributed by atoms with Gasteiger partial charge in [-0.3, -0.25) is 4.79 Å². The van der Waals surface area contributed by atoms with Crippen molar-refractivity contribution in [3.8, 4) is 0 Å². The van der Waals surface area contributed by atoms with E-state index >= 15 is 0 Å². The number of esters is 1. The maximum absolute atomic E-state index is 12.0. The van der Waals surface area contributed by atoms with Crippen LogP contribution in [0.3, 0.4) is 0 Å². The van der Waals surface area contributed by atoms with Gasteiger partial charge in [-0.15, -0.1) is 0 Å². The molecule has 1 saturated heterocycles.